The molecule has 3 atom stereocenters. The Morgan fingerprint density at radius 1 is 1.14 bits per heavy atom. The highest BCUT2D eigenvalue weighted by Crippen LogP contribution is 2.40. The van der Waals surface area contributed by atoms with Crippen LogP contribution in [-0.4, -0.2) is 81.4 Å². The summed E-state index contributed by atoms with van der Waals surface area (Å²) in [6.07, 6.45) is 5.10. The van der Waals surface area contributed by atoms with Gasteiger partial charge in [-0.15, -0.1) is 0 Å². The Morgan fingerprint density at radius 2 is 2.00 bits per heavy atom. The zero-order chi connectivity index (χ0) is 29.4. The fourth-order valence-corrected chi connectivity index (χ4v) is 7.56. The van der Waals surface area contributed by atoms with Crippen LogP contribution in [0, 0.1) is 11.8 Å². The number of amides is 2. The normalized spacial score (nSPS) is 23.2. The maximum absolute atomic E-state index is 13.7. The number of fused-ring (bicyclic) bond motifs is 4. The van der Waals surface area contributed by atoms with Crippen LogP contribution in [0.1, 0.15) is 41.6 Å². The first-order chi connectivity index (χ1) is 20.9. The largest absolute Gasteiger partial charge is 0.494 e. The minimum atomic E-state index is -0.223. The minimum absolute atomic E-state index is 0.00706. The van der Waals surface area contributed by atoms with Crippen molar-refractivity contribution in [2.24, 2.45) is 24.6 Å². The number of ether oxygens (including phenoxy) is 2. The zero-order valence-corrected chi connectivity index (χ0v) is 24.8. The van der Waals surface area contributed by atoms with Crippen molar-refractivity contribution in [2.45, 2.75) is 50.7 Å². The van der Waals surface area contributed by atoms with Gasteiger partial charge in [0.25, 0.3) is 5.91 Å². The average molecular weight is 583 g/mol. The number of carbonyl (C=O) groups excluding carboxylic acids is 2. The molecule has 0 radical (unpaired) electrons. The van der Waals surface area contributed by atoms with Crippen molar-refractivity contribution in [3.63, 3.8) is 0 Å². The maximum Gasteiger partial charge on any atom is 0.409 e. The summed E-state index contributed by atoms with van der Waals surface area (Å²) < 4.78 is 15.4. The van der Waals surface area contributed by atoms with Gasteiger partial charge in [-0.1, -0.05) is 12.1 Å². The van der Waals surface area contributed by atoms with E-state index >= 15 is 0 Å². The number of aromatic nitrogens is 3. The molecule has 2 N–H and O–H groups in total. The number of rotatable bonds is 8. The number of imidazole rings is 1. The van der Waals surface area contributed by atoms with Gasteiger partial charge in [-0.05, 0) is 73.8 Å². The third-order valence-electron chi connectivity index (χ3n) is 10.2. The van der Waals surface area contributed by atoms with Crippen molar-refractivity contribution in [3.05, 3.63) is 47.5 Å². The number of carbonyl (C=O) groups is 2. The second kappa shape index (κ2) is 10.0. The summed E-state index contributed by atoms with van der Waals surface area (Å²) in [5.41, 5.74) is 12.1. The van der Waals surface area contributed by atoms with Gasteiger partial charge in [-0.25, -0.2) is 9.78 Å². The van der Waals surface area contributed by atoms with E-state index in [0.29, 0.717) is 42.8 Å². The van der Waals surface area contributed by atoms with Gasteiger partial charge in [-0.2, -0.15) is 0 Å². The molecule has 2 aliphatic heterocycles. The maximum atomic E-state index is 13.7. The Balaban J connectivity index is 1.17. The molecule has 2 aliphatic carbocycles. The van der Waals surface area contributed by atoms with Gasteiger partial charge >= 0.3 is 6.09 Å². The second-order valence-electron chi connectivity index (χ2n) is 12.8. The van der Waals surface area contributed by atoms with Gasteiger partial charge in [0.15, 0.2) is 5.82 Å². The number of methoxy groups -OCH3 is 1. The van der Waals surface area contributed by atoms with Crippen LogP contribution in [-0.2, 0) is 24.8 Å². The molecule has 2 bridgehead atoms. The van der Waals surface area contributed by atoms with Gasteiger partial charge in [0.1, 0.15) is 17.9 Å². The van der Waals surface area contributed by atoms with Crippen molar-refractivity contribution >= 4 is 33.9 Å². The number of benzene rings is 2. The van der Waals surface area contributed by atoms with Crippen molar-refractivity contribution in [3.8, 4) is 17.3 Å². The molecule has 2 saturated heterocycles. The molecule has 224 valence electrons. The van der Waals surface area contributed by atoms with Gasteiger partial charge in [0.05, 0.1) is 24.9 Å². The molecule has 0 spiro atoms. The summed E-state index contributed by atoms with van der Waals surface area (Å²) in [5, 5.41) is 1.16. The highest BCUT2D eigenvalue weighted by atomic mass is 16.6. The quantitative estimate of drug-likeness (QED) is 0.334. The van der Waals surface area contributed by atoms with Crippen molar-refractivity contribution < 1.29 is 19.1 Å². The number of likely N-dealkylation sites (tertiary alicyclic amines) is 1. The fourth-order valence-electron chi connectivity index (χ4n) is 7.56. The Kier molecular flexibility index (Phi) is 6.18. The molecule has 2 amide bonds. The third-order valence-corrected chi connectivity index (χ3v) is 10.2. The van der Waals surface area contributed by atoms with E-state index < -0.39 is 0 Å². The van der Waals surface area contributed by atoms with Gasteiger partial charge in [-0.3, -0.25) is 4.79 Å². The first-order valence-corrected chi connectivity index (χ1v) is 15.5. The van der Waals surface area contributed by atoms with E-state index in [1.54, 1.807) is 12.0 Å². The number of nitrogens with zero attached hydrogens (tertiary/aromatic N) is 5. The first kappa shape index (κ1) is 26.6. The van der Waals surface area contributed by atoms with E-state index in [4.69, 9.17) is 20.2 Å². The van der Waals surface area contributed by atoms with Crippen molar-refractivity contribution in [2.75, 3.05) is 33.4 Å². The molecule has 43 heavy (non-hydrogen) atoms. The number of cyclic esters (lactones) is 1. The molecule has 2 saturated carbocycles. The molecular formula is C33H38N6O4. The van der Waals surface area contributed by atoms with Crippen LogP contribution >= 0.6 is 0 Å². The topological polar surface area (TPSA) is 108 Å². The lowest BCUT2D eigenvalue weighted by Crippen LogP contribution is -2.41. The first-order valence-electron chi connectivity index (χ1n) is 15.5. The van der Waals surface area contributed by atoms with E-state index in [1.807, 2.05) is 24.1 Å². The molecular weight excluding hydrogens is 544 g/mol. The standard InChI is InChI=1S/C33H38N6O4/c1-36-30-24(14-23(16-28(30)42-2)32(40)39-18-22-7-8-25(39)29(22)34)35-31(36)27-15-21-6-5-19(9-10-37-11-12-43-33(37)41)13-26(21)38(27)17-20-3-4-20/h5-6,13-16,20,22,25,29H,3-4,7-12,17-18,34H2,1-2H3/t22?,25?,29-/m1/s1. The van der Waals surface area contributed by atoms with Crippen LogP contribution in [0.3, 0.4) is 0 Å². The SMILES string of the molecule is COc1cc(C(=O)N2CC3CCC2[C@@H]3N)cc2nc(-c3cc4ccc(CCN5CCOC5=O)cc4n3CC3CC3)n(C)c12. The average Bonchev–Trinajstić information content (AvgIpc) is 3.24. The van der Waals surface area contributed by atoms with E-state index in [9.17, 15) is 9.59 Å². The van der Waals surface area contributed by atoms with Crippen LogP contribution in [0.25, 0.3) is 33.5 Å². The Hall–Kier alpha value is -4.05. The van der Waals surface area contributed by atoms with E-state index in [-0.39, 0.29) is 24.1 Å². The summed E-state index contributed by atoms with van der Waals surface area (Å²) in [4.78, 5) is 34.5. The molecule has 2 aromatic carbocycles. The zero-order valence-electron chi connectivity index (χ0n) is 24.8. The fraction of sp³-hybridized carbons (Fsp3) is 0.485. The number of hydrogen-bond donors (Lipinski definition) is 1. The highest BCUT2D eigenvalue weighted by molar-refractivity contribution is 6.00. The Morgan fingerprint density at radius 3 is 2.70 bits per heavy atom. The Labute approximate surface area is 250 Å². The predicted molar refractivity (Wildman–Crippen MR) is 163 cm³/mol. The number of aryl methyl sites for hydroxylation is 1. The molecule has 4 aromatic rings. The summed E-state index contributed by atoms with van der Waals surface area (Å²) >= 11 is 0. The summed E-state index contributed by atoms with van der Waals surface area (Å²) in [6.45, 7) is 3.43. The molecule has 10 nitrogen and oxygen atoms in total. The minimum Gasteiger partial charge on any atom is -0.494 e. The van der Waals surface area contributed by atoms with Crippen LogP contribution < -0.4 is 10.5 Å². The van der Waals surface area contributed by atoms with Gasteiger partial charge in [0, 0.05) is 55.2 Å². The van der Waals surface area contributed by atoms with Crippen LogP contribution in [0.15, 0.2) is 36.4 Å². The Bertz CT molecular complexity index is 1770. The van der Waals surface area contributed by atoms with Crippen molar-refractivity contribution in [1.29, 1.82) is 0 Å². The van der Waals surface area contributed by atoms with Crippen molar-refractivity contribution in [1.82, 2.24) is 23.9 Å². The van der Waals surface area contributed by atoms with Gasteiger partial charge in [0.2, 0.25) is 0 Å². The number of piperidine rings is 1. The molecule has 4 fully saturated rings. The lowest BCUT2D eigenvalue weighted by atomic mass is 10.1. The molecule has 2 aromatic heterocycles. The number of nitrogens with two attached hydrogens (primary N) is 1. The summed E-state index contributed by atoms with van der Waals surface area (Å²) in [6, 6.07) is 12.8. The number of hydrogen-bond acceptors (Lipinski definition) is 6. The van der Waals surface area contributed by atoms with E-state index in [2.05, 4.69) is 33.4 Å². The molecule has 2 unspecified atom stereocenters. The lowest BCUT2D eigenvalue weighted by molar-refractivity contribution is 0.0700. The highest BCUT2D eigenvalue weighted by Gasteiger charge is 2.47. The predicted octanol–water partition coefficient (Wildman–Crippen LogP) is 4.17. The van der Waals surface area contributed by atoms with Crippen LogP contribution in [0.2, 0.25) is 0 Å². The molecule has 4 heterocycles. The summed E-state index contributed by atoms with van der Waals surface area (Å²) in [7, 11) is 3.67. The monoisotopic (exact) mass is 582 g/mol. The van der Waals surface area contributed by atoms with Crippen LogP contribution in [0.5, 0.6) is 5.75 Å². The molecule has 10 heteroatoms. The smallest absolute Gasteiger partial charge is 0.409 e. The third kappa shape index (κ3) is 4.37. The summed E-state index contributed by atoms with van der Waals surface area (Å²) in [5.74, 6) is 2.55. The lowest BCUT2D eigenvalue weighted by Gasteiger charge is -2.27. The van der Waals surface area contributed by atoms with E-state index in [0.717, 1.165) is 60.3 Å². The molecule has 4 aliphatic rings. The van der Waals surface area contributed by atoms with Gasteiger partial charge < -0.3 is 34.1 Å². The second-order valence-corrected chi connectivity index (χ2v) is 12.8. The van der Waals surface area contributed by atoms with E-state index in [1.165, 1.54) is 23.9 Å². The molecule has 8 rings (SSSR count). The van der Waals surface area contributed by atoms with Crippen LogP contribution in [0.4, 0.5) is 4.79 Å².